The van der Waals surface area contributed by atoms with E-state index in [-0.39, 0.29) is 0 Å². The molecule has 0 bridgehead atoms. The van der Waals surface area contributed by atoms with E-state index < -0.39 is 0 Å². The lowest BCUT2D eigenvalue weighted by Crippen LogP contribution is -2.02. The normalized spacial score (nSPS) is 10.7. The number of anilines is 1. The Labute approximate surface area is 118 Å². The Morgan fingerprint density at radius 3 is 2.74 bits per heavy atom. The summed E-state index contributed by atoms with van der Waals surface area (Å²) >= 11 is 6.37. The number of nitrogens with two attached hydrogens (primary N) is 1. The van der Waals surface area contributed by atoms with Crippen LogP contribution in [0.4, 0.5) is 5.69 Å². The molecule has 0 radical (unpaired) electrons. The van der Waals surface area contributed by atoms with Crippen molar-refractivity contribution in [3.05, 3.63) is 52.1 Å². The van der Waals surface area contributed by atoms with Crippen LogP contribution in [0.3, 0.4) is 0 Å². The first-order valence-electron chi connectivity index (χ1n) is 6.46. The van der Waals surface area contributed by atoms with Crippen molar-refractivity contribution in [3.8, 4) is 0 Å². The third-order valence-corrected chi connectivity index (χ3v) is 3.58. The number of pyridine rings is 2. The van der Waals surface area contributed by atoms with E-state index in [9.17, 15) is 0 Å². The minimum atomic E-state index is 0.736. The van der Waals surface area contributed by atoms with Crippen LogP contribution in [-0.4, -0.2) is 9.97 Å². The van der Waals surface area contributed by atoms with Gasteiger partial charge in [0.1, 0.15) is 0 Å². The van der Waals surface area contributed by atoms with Gasteiger partial charge in [0.25, 0.3) is 0 Å². The van der Waals surface area contributed by atoms with E-state index in [0.717, 1.165) is 52.6 Å². The summed E-state index contributed by atoms with van der Waals surface area (Å²) in [7, 11) is 0. The van der Waals surface area contributed by atoms with Crippen molar-refractivity contribution in [2.24, 2.45) is 0 Å². The predicted octanol–water partition coefficient (Wildman–Crippen LogP) is 3.37. The standard InChI is InChI=1S/C15H18ClN3/c1-3-13-15(16)11(9-10(2)19-13)6-7-14-12(17)5-4-8-18-14/h4-5,8-9H,3,6-7,17H2,1-2H3. The van der Waals surface area contributed by atoms with Crippen molar-refractivity contribution in [2.45, 2.75) is 33.1 Å². The molecular weight excluding hydrogens is 258 g/mol. The molecule has 2 aromatic rings. The first-order valence-corrected chi connectivity index (χ1v) is 6.84. The second-order valence-corrected chi connectivity index (χ2v) is 4.95. The van der Waals surface area contributed by atoms with Crippen LogP contribution in [0, 0.1) is 6.92 Å². The molecule has 19 heavy (non-hydrogen) atoms. The molecule has 0 atom stereocenters. The summed E-state index contributed by atoms with van der Waals surface area (Å²) in [6.07, 6.45) is 4.23. The summed E-state index contributed by atoms with van der Waals surface area (Å²) in [6, 6.07) is 5.76. The Morgan fingerprint density at radius 1 is 1.26 bits per heavy atom. The molecule has 0 spiro atoms. The largest absolute Gasteiger partial charge is 0.397 e. The smallest absolute Gasteiger partial charge is 0.0653 e. The van der Waals surface area contributed by atoms with Gasteiger partial charge in [-0.05, 0) is 49.9 Å². The van der Waals surface area contributed by atoms with Crippen molar-refractivity contribution in [2.75, 3.05) is 5.73 Å². The summed E-state index contributed by atoms with van der Waals surface area (Å²) in [5, 5.41) is 0.780. The topological polar surface area (TPSA) is 51.8 Å². The lowest BCUT2D eigenvalue weighted by Gasteiger charge is -2.10. The first kappa shape index (κ1) is 13.8. The molecule has 2 rings (SSSR count). The quantitative estimate of drug-likeness (QED) is 0.931. The van der Waals surface area contributed by atoms with E-state index in [2.05, 4.69) is 16.9 Å². The number of nitrogens with zero attached hydrogens (tertiary/aromatic N) is 2. The van der Waals surface area contributed by atoms with E-state index >= 15 is 0 Å². The maximum absolute atomic E-state index is 6.37. The van der Waals surface area contributed by atoms with Crippen LogP contribution in [0.15, 0.2) is 24.4 Å². The van der Waals surface area contributed by atoms with Crippen LogP contribution in [0.1, 0.15) is 29.6 Å². The summed E-state index contributed by atoms with van der Waals surface area (Å²) < 4.78 is 0. The maximum atomic E-state index is 6.37. The Balaban J connectivity index is 2.20. The predicted molar refractivity (Wildman–Crippen MR) is 79.4 cm³/mol. The molecule has 100 valence electrons. The Hall–Kier alpha value is -1.61. The second kappa shape index (κ2) is 6.02. The molecule has 3 nitrogen and oxygen atoms in total. The van der Waals surface area contributed by atoms with Gasteiger partial charge in [0.05, 0.1) is 22.1 Å². The Bertz CT molecular complexity index is 582. The lowest BCUT2D eigenvalue weighted by molar-refractivity contribution is 0.898. The highest BCUT2D eigenvalue weighted by atomic mass is 35.5. The van der Waals surface area contributed by atoms with Crippen molar-refractivity contribution in [1.82, 2.24) is 9.97 Å². The van der Waals surface area contributed by atoms with E-state index in [1.807, 2.05) is 25.1 Å². The lowest BCUT2D eigenvalue weighted by atomic mass is 10.1. The number of hydrogen-bond acceptors (Lipinski definition) is 3. The second-order valence-electron chi connectivity index (χ2n) is 4.58. The van der Waals surface area contributed by atoms with Crippen LogP contribution < -0.4 is 5.73 Å². The van der Waals surface area contributed by atoms with Crippen LogP contribution in [0.25, 0.3) is 0 Å². The number of aromatic nitrogens is 2. The summed E-state index contributed by atoms with van der Waals surface area (Å²) in [5.41, 5.74) is 10.6. The van der Waals surface area contributed by atoms with Gasteiger partial charge in [0.15, 0.2) is 0 Å². The summed E-state index contributed by atoms with van der Waals surface area (Å²) in [6.45, 7) is 4.06. The number of hydrogen-bond donors (Lipinski definition) is 1. The number of aryl methyl sites for hydroxylation is 4. The Morgan fingerprint density at radius 2 is 2.05 bits per heavy atom. The molecule has 2 aromatic heterocycles. The highest BCUT2D eigenvalue weighted by Crippen LogP contribution is 2.23. The molecular formula is C15H18ClN3. The molecule has 2 heterocycles. The van der Waals surface area contributed by atoms with Gasteiger partial charge >= 0.3 is 0 Å². The zero-order chi connectivity index (χ0) is 13.8. The zero-order valence-corrected chi connectivity index (χ0v) is 12.0. The SMILES string of the molecule is CCc1nc(C)cc(CCc2ncccc2N)c1Cl. The number of rotatable bonds is 4. The highest BCUT2D eigenvalue weighted by molar-refractivity contribution is 6.32. The third kappa shape index (κ3) is 3.24. The fourth-order valence-electron chi connectivity index (χ4n) is 2.12. The number of nitrogen functional groups attached to an aromatic ring is 1. The average molecular weight is 276 g/mol. The monoisotopic (exact) mass is 275 g/mol. The number of halogens is 1. The van der Waals surface area contributed by atoms with E-state index in [1.54, 1.807) is 6.20 Å². The van der Waals surface area contributed by atoms with Crippen LogP contribution >= 0.6 is 11.6 Å². The Kier molecular flexibility index (Phi) is 4.38. The first-order chi connectivity index (χ1) is 9.11. The maximum Gasteiger partial charge on any atom is 0.0653 e. The molecule has 0 saturated carbocycles. The van der Waals surface area contributed by atoms with Crippen molar-refractivity contribution in [1.29, 1.82) is 0 Å². The minimum absolute atomic E-state index is 0.736. The van der Waals surface area contributed by atoms with Crippen LogP contribution in [-0.2, 0) is 19.3 Å². The third-order valence-electron chi connectivity index (χ3n) is 3.12. The molecule has 2 N–H and O–H groups in total. The van der Waals surface area contributed by atoms with Gasteiger partial charge in [-0.2, -0.15) is 0 Å². The van der Waals surface area contributed by atoms with E-state index in [1.165, 1.54) is 0 Å². The van der Waals surface area contributed by atoms with Gasteiger partial charge in [0.2, 0.25) is 0 Å². The molecule has 0 amide bonds. The van der Waals surface area contributed by atoms with Gasteiger partial charge in [-0.3, -0.25) is 9.97 Å². The summed E-state index contributed by atoms with van der Waals surface area (Å²) in [5.74, 6) is 0. The van der Waals surface area contributed by atoms with Gasteiger partial charge in [-0.1, -0.05) is 18.5 Å². The van der Waals surface area contributed by atoms with Crippen LogP contribution in [0.5, 0.6) is 0 Å². The van der Waals surface area contributed by atoms with E-state index in [0.29, 0.717) is 0 Å². The molecule has 4 heteroatoms. The van der Waals surface area contributed by atoms with Crippen molar-refractivity contribution >= 4 is 17.3 Å². The molecule has 0 fully saturated rings. The van der Waals surface area contributed by atoms with Crippen molar-refractivity contribution in [3.63, 3.8) is 0 Å². The molecule has 0 aliphatic carbocycles. The van der Waals surface area contributed by atoms with Gasteiger partial charge in [-0.15, -0.1) is 0 Å². The fourth-order valence-corrected chi connectivity index (χ4v) is 2.45. The minimum Gasteiger partial charge on any atom is -0.397 e. The van der Waals surface area contributed by atoms with Crippen LogP contribution in [0.2, 0.25) is 5.02 Å². The average Bonchev–Trinajstić information content (AvgIpc) is 2.41. The molecule has 0 aromatic carbocycles. The van der Waals surface area contributed by atoms with Gasteiger partial charge in [0, 0.05) is 11.9 Å². The zero-order valence-electron chi connectivity index (χ0n) is 11.3. The van der Waals surface area contributed by atoms with E-state index in [4.69, 9.17) is 17.3 Å². The van der Waals surface area contributed by atoms with Gasteiger partial charge in [-0.25, -0.2) is 0 Å². The van der Waals surface area contributed by atoms with Gasteiger partial charge < -0.3 is 5.73 Å². The summed E-state index contributed by atoms with van der Waals surface area (Å²) in [4.78, 5) is 8.76. The molecule has 0 saturated heterocycles. The molecule has 0 unspecified atom stereocenters. The highest BCUT2D eigenvalue weighted by Gasteiger charge is 2.09. The fraction of sp³-hybridized carbons (Fsp3) is 0.333. The van der Waals surface area contributed by atoms with Crippen molar-refractivity contribution < 1.29 is 0 Å². The molecule has 0 aliphatic rings. The molecule has 0 aliphatic heterocycles.